The fourth-order valence-corrected chi connectivity index (χ4v) is 1.74. The van der Waals surface area contributed by atoms with Crippen LogP contribution in [0.4, 0.5) is 0 Å². The summed E-state index contributed by atoms with van der Waals surface area (Å²) in [6, 6.07) is 5.79. The molecule has 1 nitrogen and oxygen atoms in total. The summed E-state index contributed by atoms with van der Waals surface area (Å²) in [7, 11) is 0. The van der Waals surface area contributed by atoms with Gasteiger partial charge in [0.15, 0.2) is 0 Å². The first-order valence-corrected chi connectivity index (χ1v) is 6.16. The average Bonchev–Trinajstić information content (AvgIpc) is 2.26. The molecule has 0 radical (unpaired) electrons. The number of halogens is 2. The van der Waals surface area contributed by atoms with E-state index in [0.717, 1.165) is 42.2 Å². The van der Waals surface area contributed by atoms with Crippen LogP contribution in [-0.4, -0.2) is 12.5 Å². The van der Waals surface area contributed by atoms with E-state index in [1.165, 1.54) is 0 Å². The molecule has 0 atom stereocenters. The highest BCUT2D eigenvalue weighted by molar-refractivity contribution is 6.31. The molecule has 0 bridgehead atoms. The van der Waals surface area contributed by atoms with E-state index in [1.807, 2.05) is 18.2 Å². The van der Waals surface area contributed by atoms with Crippen molar-refractivity contribution < 1.29 is 4.74 Å². The minimum Gasteiger partial charge on any atom is -0.494 e. The van der Waals surface area contributed by atoms with Gasteiger partial charge in [0.05, 0.1) is 6.61 Å². The second-order valence-electron chi connectivity index (χ2n) is 3.35. The highest BCUT2D eigenvalue weighted by Crippen LogP contribution is 2.22. The van der Waals surface area contributed by atoms with Crippen molar-refractivity contribution in [2.24, 2.45) is 0 Å². The third kappa shape index (κ3) is 4.31. The lowest BCUT2D eigenvalue weighted by Gasteiger charge is -2.08. The Morgan fingerprint density at radius 3 is 2.73 bits per heavy atom. The minimum absolute atomic E-state index is 0.699. The predicted molar refractivity (Wildman–Crippen MR) is 66.3 cm³/mol. The van der Waals surface area contributed by atoms with Gasteiger partial charge in [-0.1, -0.05) is 18.5 Å². The molecule has 0 aliphatic heterocycles. The summed E-state index contributed by atoms with van der Waals surface area (Å²) in [6.07, 6.45) is 2.92. The Morgan fingerprint density at radius 2 is 2.07 bits per heavy atom. The molecule has 0 N–H and O–H groups in total. The molecule has 0 unspecified atom stereocenters. The first-order chi connectivity index (χ1) is 7.27. The van der Waals surface area contributed by atoms with E-state index in [1.54, 1.807) is 0 Å². The first kappa shape index (κ1) is 12.7. The lowest BCUT2D eigenvalue weighted by Crippen LogP contribution is -1.98. The maximum Gasteiger partial charge on any atom is 0.119 e. The van der Waals surface area contributed by atoms with Crippen LogP contribution in [0.1, 0.15) is 25.3 Å². The standard InChI is InChI=1S/C12H16Cl2O/c1-2-10-9-11(5-6-12(10)14)15-8-4-3-7-13/h5-6,9H,2-4,7-8H2,1H3. The summed E-state index contributed by atoms with van der Waals surface area (Å²) >= 11 is 11.6. The van der Waals surface area contributed by atoms with Crippen molar-refractivity contribution in [2.45, 2.75) is 26.2 Å². The zero-order chi connectivity index (χ0) is 11.1. The average molecular weight is 247 g/mol. The van der Waals surface area contributed by atoms with Crippen LogP contribution in [0.3, 0.4) is 0 Å². The van der Waals surface area contributed by atoms with Crippen LogP contribution in [0.5, 0.6) is 5.75 Å². The quantitative estimate of drug-likeness (QED) is 0.538. The van der Waals surface area contributed by atoms with Gasteiger partial charge in [0.1, 0.15) is 5.75 Å². The molecule has 0 fully saturated rings. The second-order valence-corrected chi connectivity index (χ2v) is 4.14. The molecule has 0 aliphatic rings. The Hall–Kier alpha value is -0.400. The summed E-state index contributed by atoms with van der Waals surface area (Å²) in [6.45, 7) is 2.80. The van der Waals surface area contributed by atoms with Gasteiger partial charge in [-0.15, -0.1) is 11.6 Å². The lowest BCUT2D eigenvalue weighted by atomic mass is 10.1. The monoisotopic (exact) mass is 246 g/mol. The summed E-state index contributed by atoms with van der Waals surface area (Å²) in [4.78, 5) is 0. The van der Waals surface area contributed by atoms with Crippen molar-refractivity contribution in [2.75, 3.05) is 12.5 Å². The van der Waals surface area contributed by atoms with Crippen molar-refractivity contribution in [3.63, 3.8) is 0 Å². The van der Waals surface area contributed by atoms with Gasteiger partial charge in [0.2, 0.25) is 0 Å². The lowest BCUT2D eigenvalue weighted by molar-refractivity contribution is 0.309. The molecule has 0 aromatic heterocycles. The number of unbranched alkanes of at least 4 members (excludes halogenated alkanes) is 1. The highest BCUT2D eigenvalue weighted by atomic mass is 35.5. The van der Waals surface area contributed by atoms with Crippen molar-refractivity contribution in [1.29, 1.82) is 0 Å². The van der Waals surface area contributed by atoms with Crippen LogP contribution < -0.4 is 4.74 Å². The largest absolute Gasteiger partial charge is 0.494 e. The molecule has 0 heterocycles. The molecule has 0 aliphatic carbocycles. The number of benzene rings is 1. The van der Waals surface area contributed by atoms with Gasteiger partial charge in [-0.25, -0.2) is 0 Å². The van der Waals surface area contributed by atoms with Gasteiger partial charge in [0, 0.05) is 10.9 Å². The zero-order valence-corrected chi connectivity index (χ0v) is 10.4. The molecule has 0 amide bonds. The van der Waals surface area contributed by atoms with Gasteiger partial charge in [-0.05, 0) is 43.0 Å². The highest BCUT2D eigenvalue weighted by Gasteiger charge is 2.00. The second kappa shape index (κ2) is 6.97. The van der Waals surface area contributed by atoms with Gasteiger partial charge in [-0.3, -0.25) is 0 Å². The molecule has 1 aromatic rings. The van der Waals surface area contributed by atoms with E-state index in [9.17, 15) is 0 Å². The normalized spacial score (nSPS) is 10.3. The summed E-state index contributed by atoms with van der Waals surface area (Å²) in [5.41, 5.74) is 1.13. The first-order valence-electron chi connectivity index (χ1n) is 5.25. The molecule has 3 heteroatoms. The summed E-state index contributed by atoms with van der Waals surface area (Å²) in [5.74, 6) is 1.59. The Bertz CT molecular complexity index is 300. The van der Waals surface area contributed by atoms with Gasteiger partial charge in [0.25, 0.3) is 0 Å². The van der Waals surface area contributed by atoms with Crippen LogP contribution in [0.2, 0.25) is 5.02 Å². The Labute approximate surface area is 101 Å². The Balaban J connectivity index is 2.47. The van der Waals surface area contributed by atoms with E-state index in [4.69, 9.17) is 27.9 Å². The van der Waals surface area contributed by atoms with Crippen LogP contribution in [0, 0.1) is 0 Å². The smallest absolute Gasteiger partial charge is 0.119 e. The third-order valence-corrected chi connectivity index (χ3v) is 2.83. The number of rotatable bonds is 6. The van der Waals surface area contributed by atoms with E-state index < -0.39 is 0 Å². The molecule has 1 aromatic carbocycles. The number of hydrogen-bond acceptors (Lipinski definition) is 1. The molecule has 15 heavy (non-hydrogen) atoms. The van der Waals surface area contributed by atoms with Crippen LogP contribution in [0.25, 0.3) is 0 Å². The van der Waals surface area contributed by atoms with Crippen molar-refractivity contribution >= 4 is 23.2 Å². The number of aryl methyl sites for hydroxylation is 1. The Morgan fingerprint density at radius 1 is 1.27 bits per heavy atom. The number of alkyl halides is 1. The molecular formula is C12H16Cl2O. The molecule has 1 rings (SSSR count). The zero-order valence-electron chi connectivity index (χ0n) is 8.93. The van der Waals surface area contributed by atoms with E-state index in [0.29, 0.717) is 5.88 Å². The molecule has 0 saturated heterocycles. The SMILES string of the molecule is CCc1cc(OCCCCCl)ccc1Cl. The molecule has 84 valence electrons. The minimum atomic E-state index is 0.699. The van der Waals surface area contributed by atoms with Crippen molar-refractivity contribution in [3.8, 4) is 5.75 Å². The predicted octanol–water partition coefficient (Wildman–Crippen LogP) is 4.30. The summed E-state index contributed by atoms with van der Waals surface area (Å²) in [5, 5.41) is 0.811. The van der Waals surface area contributed by atoms with Crippen LogP contribution >= 0.6 is 23.2 Å². The fourth-order valence-electron chi connectivity index (χ4n) is 1.30. The Kier molecular flexibility index (Phi) is 5.89. The van der Waals surface area contributed by atoms with E-state index in [-0.39, 0.29) is 0 Å². The maximum absolute atomic E-state index is 6.01. The van der Waals surface area contributed by atoms with E-state index >= 15 is 0 Å². The third-order valence-electron chi connectivity index (χ3n) is 2.19. The van der Waals surface area contributed by atoms with Gasteiger partial charge in [-0.2, -0.15) is 0 Å². The number of ether oxygens (including phenoxy) is 1. The van der Waals surface area contributed by atoms with Crippen molar-refractivity contribution in [3.05, 3.63) is 28.8 Å². The van der Waals surface area contributed by atoms with Crippen molar-refractivity contribution in [1.82, 2.24) is 0 Å². The fraction of sp³-hybridized carbons (Fsp3) is 0.500. The molecular weight excluding hydrogens is 231 g/mol. The molecule has 0 spiro atoms. The van der Waals surface area contributed by atoms with Crippen LogP contribution in [0.15, 0.2) is 18.2 Å². The van der Waals surface area contributed by atoms with Gasteiger partial charge < -0.3 is 4.74 Å². The maximum atomic E-state index is 6.01. The van der Waals surface area contributed by atoms with Crippen LogP contribution in [-0.2, 0) is 6.42 Å². The molecule has 0 saturated carbocycles. The van der Waals surface area contributed by atoms with Gasteiger partial charge >= 0.3 is 0 Å². The summed E-state index contributed by atoms with van der Waals surface area (Å²) < 4.78 is 5.59. The number of hydrogen-bond donors (Lipinski definition) is 0. The topological polar surface area (TPSA) is 9.23 Å². The van der Waals surface area contributed by atoms with E-state index in [2.05, 4.69) is 6.92 Å².